The number of ether oxygens (including phenoxy) is 1. The van der Waals surface area contributed by atoms with Crippen LogP contribution in [0.4, 0.5) is 4.39 Å². The van der Waals surface area contributed by atoms with Gasteiger partial charge in [-0.2, -0.15) is 5.26 Å². The maximum atomic E-state index is 15.2. The molecule has 3 heterocycles. The van der Waals surface area contributed by atoms with Gasteiger partial charge in [-0.05, 0) is 74.7 Å². The van der Waals surface area contributed by atoms with E-state index in [2.05, 4.69) is 23.0 Å². The summed E-state index contributed by atoms with van der Waals surface area (Å²) in [5.41, 5.74) is 4.91. The lowest BCUT2D eigenvalue weighted by molar-refractivity contribution is 0.148. The molecule has 0 bridgehead atoms. The Hall–Kier alpha value is -3.80. The van der Waals surface area contributed by atoms with Crippen LogP contribution < -0.4 is 4.74 Å². The number of likely N-dealkylation sites (tertiary alicyclic amines) is 1. The van der Waals surface area contributed by atoms with Crippen molar-refractivity contribution < 1.29 is 14.2 Å². The Morgan fingerprint density at radius 2 is 2.03 bits per heavy atom. The molecule has 2 aromatic carbocycles. The van der Waals surface area contributed by atoms with Gasteiger partial charge in [0, 0.05) is 36.0 Å². The largest absolute Gasteiger partial charge is 0.475 e. The van der Waals surface area contributed by atoms with Crippen molar-refractivity contribution >= 4 is 5.65 Å². The molecule has 7 nitrogen and oxygen atoms in total. The average Bonchev–Trinajstić information content (AvgIpc) is 3.54. The quantitative estimate of drug-likeness (QED) is 0.427. The van der Waals surface area contributed by atoms with Crippen LogP contribution >= 0.6 is 0 Å². The van der Waals surface area contributed by atoms with E-state index in [0.29, 0.717) is 70.5 Å². The van der Waals surface area contributed by atoms with Crippen LogP contribution in [0.25, 0.3) is 28.2 Å². The molecule has 0 spiro atoms. The summed E-state index contributed by atoms with van der Waals surface area (Å²) < 4.78 is 23.4. The van der Waals surface area contributed by atoms with Gasteiger partial charge < -0.3 is 14.7 Å². The third kappa shape index (κ3) is 4.35. The molecule has 1 aliphatic heterocycles. The SMILES string of the molecule is CN1CCC[C@@H](COc2nc(-c3ccc(C#N)cc3)c(-c3cc(F)c4c(c3)C(O)CC4)n3ccnc23)C1. The van der Waals surface area contributed by atoms with Crippen molar-refractivity contribution in [3.8, 4) is 34.5 Å². The monoisotopic (exact) mass is 497 g/mol. The molecule has 37 heavy (non-hydrogen) atoms. The lowest BCUT2D eigenvalue weighted by atomic mass is 9.98. The molecule has 1 N–H and O–H groups in total. The van der Waals surface area contributed by atoms with Crippen LogP contribution in [0.5, 0.6) is 5.88 Å². The Labute approximate surface area is 214 Å². The van der Waals surface area contributed by atoms with Gasteiger partial charge in [-0.15, -0.1) is 0 Å². The van der Waals surface area contributed by atoms with Crippen molar-refractivity contribution in [3.05, 3.63) is 71.3 Å². The number of aromatic nitrogens is 3. The van der Waals surface area contributed by atoms with E-state index in [0.717, 1.165) is 31.5 Å². The number of benzene rings is 2. The fraction of sp³-hybridized carbons (Fsp3) is 0.345. The summed E-state index contributed by atoms with van der Waals surface area (Å²) in [7, 11) is 2.13. The maximum Gasteiger partial charge on any atom is 0.259 e. The predicted octanol–water partition coefficient (Wildman–Crippen LogP) is 4.77. The third-order valence-electron chi connectivity index (χ3n) is 7.51. The number of piperidine rings is 1. The van der Waals surface area contributed by atoms with Crippen molar-refractivity contribution in [2.75, 3.05) is 26.7 Å². The minimum absolute atomic E-state index is 0.329. The summed E-state index contributed by atoms with van der Waals surface area (Å²) in [5.74, 6) is 0.494. The van der Waals surface area contributed by atoms with Crippen molar-refractivity contribution in [2.45, 2.75) is 31.8 Å². The highest BCUT2D eigenvalue weighted by Crippen LogP contribution is 2.40. The molecule has 1 saturated heterocycles. The standard InChI is InChI=1S/C29H28FN5O2/c1-34-11-2-3-19(16-34)17-37-29-28-32-10-12-35(28)27(26(33-29)20-6-4-18(15-31)5-7-20)21-13-23-22(24(30)14-21)8-9-25(23)36/h4-7,10,12-14,19,25,36H,2-3,8-9,11,16-17H2,1H3/t19-,25?/m1/s1. The van der Waals surface area contributed by atoms with Crippen LogP contribution in [-0.4, -0.2) is 51.1 Å². The van der Waals surface area contributed by atoms with Gasteiger partial charge in [-0.25, -0.2) is 14.4 Å². The second kappa shape index (κ2) is 9.58. The summed E-state index contributed by atoms with van der Waals surface area (Å²) in [6.07, 6.45) is 6.09. The number of halogens is 1. The molecule has 0 saturated carbocycles. The summed E-state index contributed by atoms with van der Waals surface area (Å²) in [4.78, 5) is 11.8. The van der Waals surface area contributed by atoms with Gasteiger partial charge >= 0.3 is 0 Å². The first kappa shape index (κ1) is 23.6. The van der Waals surface area contributed by atoms with Gasteiger partial charge in [0.2, 0.25) is 5.65 Å². The molecule has 1 aliphatic carbocycles. The molecule has 2 atom stereocenters. The Kier molecular flexibility index (Phi) is 6.11. The van der Waals surface area contributed by atoms with Gasteiger partial charge in [0.05, 0.1) is 35.7 Å². The molecule has 2 aliphatic rings. The Morgan fingerprint density at radius 3 is 2.81 bits per heavy atom. The summed E-state index contributed by atoms with van der Waals surface area (Å²) >= 11 is 0. The number of hydrogen-bond acceptors (Lipinski definition) is 6. The fourth-order valence-corrected chi connectivity index (χ4v) is 5.64. The van der Waals surface area contributed by atoms with Crippen LogP contribution in [0.15, 0.2) is 48.8 Å². The minimum atomic E-state index is -0.690. The molecular weight excluding hydrogens is 469 g/mol. The van der Waals surface area contributed by atoms with Crippen LogP contribution in [0.3, 0.4) is 0 Å². The molecule has 0 radical (unpaired) electrons. The van der Waals surface area contributed by atoms with Gasteiger partial charge in [0.1, 0.15) is 5.82 Å². The molecule has 1 unspecified atom stereocenters. The molecule has 4 aromatic rings. The first-order chi connectivity index (χ1) is 18.0. The van der Waals surface area contributed by atoms with E-state index >= 15 is 4.39 Å². The summed E-state index contributed by atoms with van der Waals surface area (Å²) in [6, 6.07) is 12.7. The lowest BCUT2D eigenvalue weighted by Gasteiger charge is -2.29. The zero-order valence-electron chi connectivity index (χ0n) is 20.7. The van der Waals surface area contributed by atoms with Crippen LogP contribution in [0.1, 0.15) is 42.1 Å². The normalized spacial score (nSPS) is 19.6. The van der Waals surface area contributed by atoms with Crippen LogP contribution in [0, 0.1) is 23.1 Å². The molecule has 1 fully saturated rings. The summed E-state index contributed by atoms with van der Waals surface area (Å²) in [6.45, 7) is 2.61. The van der Waals surface area contributed by atoms with Crippen molar-refractivity contribution in [2.24, 2.45) is 5.92 Å². The van der Waals surface area contributed by atoms with E-state index < -0.39 is 6.10 Å². The second-order valence-corrected chi connectivity index (χ2v) is 10.1. The first-order valence-corrected chi connectivity index (χ1v) is 12.7. The fourth-order valence-electron chi connectivity index (χ4n) is 5.64. The number of imidazole rings is 1. The number of rotatable bonds is 5. The molecule has 2 aromatic heterocycles. The third-order valence-corrected chi connectivity index (χ3v) is 7.51. The summed E-state index contributed by atoms with van der Waals surface area (Å²) in [5, 5.41) is 19.8. The number of nitriles is 1. The van der Waals surface area contributed by atoms with Gasteiger partial charge in [0.25, 0.3) is 5.88 Å². The van der Waals surface area contributed by atoms with Gasteiger partial charge in [-0.3, -0.25) is 4.40 Å². The van der Waals surface area contributed by atoms with Crippen molar-refractivity contribution in [1.82, 2.24) is 19.3 Å². The molecule has 188 valence electrons. The predicted molar refractivity (Wildman–Crippen MR) is 138 cm³/mol. The Bertz CT molecular complexity index is 1510. The highest BCUT2D eigenvalue weighted by atomic mass is 19.1. The van der Waals surface area contributed by atoms with E-state index in [4.69, 9.17) is 9.72 Å². The highest BCUT2D eigenvalue weighted by Gasteiger charge is 2.27. The molecular formula is C29H28FN5O2. The lowest BCUT2D eigenvalue weighted by Crippen LogP contribution is -2.34. The number of aliphatic hydroxyl groups excluding tert-OH is 1. The topological polar surface area (TPSA) is 86.7 Å². The van der Waals surface area contributed by atoms with Crippen molar-refractivity contribution in [3.63, 3.8) is 0 Å². The Balaban J connectivity index is 1.50. The Morgan fingerprint density at radius 1 is 1.19 bits per heavy atom. The number of aliphatic hydroxyl groups is 1. The molecule has 6 rings (SSSR count). The highest BCUT2D eigenvalue weighted by molar-refractivity contribution is 5.82. The van der Waals surface area contributed by atoms with Crippen LogP contribution in [-0.2, 0) is 6.42 Å². The van der Waals surface area contributed by atoms with E-state index in [1.807, 2.05) is 28.8 Å². The molecule has 8 heteroatoms. The van der Waals surface area contributed by atoms with Crippen LogP contribution in [0.2, 0.25) is 0 Å². The molecule has 0 amide bonds. The smallest absolute Gasteiger partial charge is 0.259 e. The zero-order chi connectivity index (χ0) is 25.5. The van der Waals surface area contributed by atoms with Crippen molar-refractivity contribution in [1.29, 1.82) is 5.26 Å². The number of nitrogens with zero attached hydrogens (tertiary/aromatic N) is 5. The number of hydrogen-bond donors (Lipinski definition) is 1. The second-order valence-electron chi connectivity index (χ2n) is 10.1. The maximum absolute atomic E-state index is 15.2. The number of fused-ring (bicyclic) bond motifs is 2. The van der Waals surface area contributed by atoms with E-state index in [1.165, 1.54) is 6.07 Å². The first-order valence-electron chi connectivity index (χ1n) is 12.7. The van der Waals surface area contributed by atoms with E-state index in [1.54, 1.807) is 18.3 Å². The van der Waals surface area contributed by atoms with Gasteiger partial charge in [0.15, 0.2) is 0 Å². The average molecular weight is 498 g/mol. The van der Waals surface area contributed by atoms with E-state index in [-0.39, 0.29) is 5.82 Å². The zero-order valence-corrected chi connectivity index (χ0v) is 20.7. The van der Waals surface area contributed by atoms with Gasteiger partial charge in [-0.1, -0.05) is 12.1 Å². The minimum Gasteiger partial charge on any atom is -0.475 e. The van der Waals surface area contributed by atoms with E-state index in [9.17, 15) is 10.4 Å².